The molecule has 0 spiro atoms. The van der Waals surface area contributed by atoms with Crippen LogP contribution in [0, 0.1) is 6.92 Å². The van der Waals surface area contributed by atoms with E-state index in [0.717, 1.165) is 35.7 Å². The number of aliphatic imine (C=N–C) groups is 1. The van der Waals surface area contributed by atoms with Crippen LogP contribution in [-0.4, -0.2) is 36.1 Å². The molecule has 0 aliphatic heterocycles. The van der Waals surface area contributed by atoms with Crippen LogP contribution in [0.3, 0.4) is 0 Å². The lowest BCUT2D eigenvalue weighted by molar-refractivity contribution is 0.572. The van der Waals surface area contributed by atoms with E-state index in [1.165, 1.54) is 5.56 Å². The standard InChI is InChI=1S/C23H30N6O/c1-5-29(6-2)21-12-9-18(13-25-21)14-26-23(24-4)27-15-20-16-30-22(28-20)19-10-7-17(3)8-11-19/h7-13,16H,5-6,14-15H2,1-4H3,(H2,24,26,27). The van der Waals surface area contributed by atoms with Gasteiger partial charge in [-0.2, -0.15) is 0 Å². The number of benzene rings is 1. The maximum Gasteiger partial charge on any atom is 0.226 e. The highest BCUT2D eigenvalue weighted by Crippen LogP contribution is 2.19. The zero-order valence-electron chi connectivity index (χ0n) is 18.1. The van der Waals surface area contributed by atoms with Crippen molar-refractivity contribution in [2.24, 2.45) is 4.99 Å². The molecule has 0 aliphatic rings. The van der Waals surface area contributed by atoms with Gasteiger partial charge in [0, 0.05) is 38.4 Å². The van der Waals surface area contributed by atoms with Crippen molar-refractivity contribution < 1.29 is 4.42 Å². The Balaban J connectivity index is 1.51. The van der Waals surface area contributed by atoms with Gasteiger partial charge in [-0.3, -0.25) is 4.99 Å². The second kappa shape index (κ2) is 10.4. The van der Waals surface area contributed by atoms with Crippen LogP contribution in [0.15, 0.2) is 58.3 Å². The third kappa shape index (κ3) is 5.59. The van der Waals surface area contributed by atoms with E-state index in [0.29, 0.717) is 24.9 Å². The quantitative estimate of drug-likeness (QED) is 0.438. The number of rotatable bonds is 8. The number of anilines is 1. The average molecular weight is 407 g/mol. The Morgan fingerprint density at radius 1 is 1.03 bits per heavy atom. The number of nitrogens with zero attached hydrogens (tertiary/aromatic N) is 4. The van der Waals surface area contributed by atoms with Crippen molar-refractivity contribution in [2.45, 2.75) is 33.9 Å². The zero-order chi connectivity index (χ0) is 21.3. The molecule has 0 aliphatic carbocycles. The van der Waals surface area contributed by atoms with E-state index < -0.39 is 0 Å². The first kappa shape index (κ1) is 21.4. The largest absolute Gasteiger partial charge is 0.444 e. The predicted molar refractivity (Wildman–Crippen MR) is 122 cm³/mol. The van der Waals surface area contributed by atoms with E-state index in [2.05, 4.69) is 63.4 Å². The lowest BCUT2D eigenvalue weighted by Gasteiger charge is -2.19. The molecule has 2 N–H and O–H groups in total. The SMILES string of the molecule is CCN(CC)c1ccc(CNC(=NC)NCc2coc(-c3ccc(C)cc3)n2)cn1. The lowest BCUT2D eigenvalue weighted by Crippen LogP contribution is -2.36. The molecule has 3 rings (SSSR count). The van der Waals surface area contributed by atoms with Crippen LogP contribution in [0.5, 0.6) is 0 Å². The minimum atomic E-state index is 0.522. The first-order valence-electron chi connectivity index (χ1n) is 10.3. The number of nitrogens with one attached hydrogen (secondary N) is 2. The van der Waals surface area contributed by atoms with Gasteiger partial charge in [-0.25, -0.2) is 9.97 Å². The Hall–Kier alpha value is -3.35. The Morgan fingerprint density at radius 2 is 1.77 bits per heavy atom. The molecule has 1 aromatic carbocycles. The van der Waals surface area contributed by atoms with Gasteiger partial charge in [0.1, 0.15) is 12.1 Å². The molecule has 0 fully saturated rings. The average Bonchev–Trinajstić information content (AvgIpc) is 3.25. The molecule has 0 saturated carbocycles. The van der Waals surface area contributed by atoms with Crippen molar-refractivity contribution in [3.8, 4) is 11.5 Å². The maximum atomic E-state index is 5.61. The summed E-state index contributed by atoms with van der Waals surface area (Å²) >= 11 is 0. The van der Waals surface area contributed by atoms with Crippen LogP contribution < -0.4 is 15.5 Å². The summed E-state index contributed by atoms with van der Waals surface area (Å²) in [5.74, 6) is 2.32. The van der Waals surface area contributed by atoms with E-state index in [9.17, 15) is 0 Å². The molecular weight excluding hydrogens is 376 g/mol. The number of pyridine rings is 1. The predicted octanol–water partition coefficient (Wildman–Crippen LogP) is 3.76. The molecule has 158 valence electrons. The third-order valence-corrected chi connectivity index (χ3v) is 4.87. The summed E-state index contributed by atoms with van der Waals surface area (Å²) in [6.07, 6.45) is 3.57. The van der Waals surface area contributed by atoms with Gasteiger partial charge >= 0.3 is 0 Å². The first-order valence-corrected chi connectivity index (χ1v) is 10.3. The van der Waals surface area contributed by atoms with Crippen molar-refractivity contribution >= 4 is 11.8 Å². The van der Waals surface area contributed by atoms with E-state index in [4.69, 9.17) is 4.42 Å². The zero-order valence-corrected chi connectivity index (χ0v) is 18.1. The smallest absolute Gasteiger partial charge is 0.226 e. The summed E-state index contributed by atoms with van der Waals surface area (Å²) in [6.45, 7) is 9.39. The fourth-order valence-electron chi connectivity index (χ4n) is 3.05. The Bertz CT molecular complexity index is 943. The first-order chi connectivity index (χ1) is 14.6. The molecule has 0 bridgehead atoms. The highest BCUT2D eigenvalue weighted by molar-refractivity contribution is 5.79. The maximum absolute atomic E-state index is 5.61. The van der Waals surface area contributed by atoms with Gasteiger partial charge in [-0.15, -0.1) is 0 Å². The number of oxazole rings is 1. The summed E-state index contributed by atoms with van der Waals surface area (Å²) in [5.41, 5.74) is 4.09. The van der Waals surface area contributed by atoms with E-state index in [1.54, 1.807) is 13.3 Å². The van der Waals surface area contributed by atoms with Gasteiger partial charge in [0.05, 0.1) is 12.2 Å². The molecule has 0 radical (unpaired) electrons. The lowest BCUT2D eigenvalue weighted by atomic mass is 10.1. The molecule has 7 heteroatoms. The summed E-state index contributed by atoms with van der Waals surface area (Å²) in [7, 11) is 1.75. The van der Waals surface area contributed by atoms with Gasteiger partial charge in [0.15, 0.2) is 5.96 Å². The normalized spacial score (nSPS) is 11.4. The van der Waals surface area contributed by atoms with Crippen LogP contribution in [0.4, 0.5) is 5.82 Å². The summed E-state index contributed by atoms with van der Waals surface area (Å²) < 4.78 is 5.61. The highest BCUT2D eigenvalue weighted by Gasteiger charge is 2.08. The van der Waals surface area contributed by atoms with Crippen molar-refractivity contribution in [3.63, 3.8) is 0 Å². The number of hydrogen-bond donors (Lipinski definition) is 2. The Labute approximate surface area is 178 Å². The fourth-order valence-corrected chi connectivity index (χ4v) is 3.05. The molecule has 0 amide bonds. The van der Waals surface area contributed by atoms with E-state index in [-0.39, 0.29) is 0 Å². The second-order valence-electron chi connectivity index (χ2n) is 6.99. The topological polar surface area (TPSA) is 78.6 Å². The number of aryl methyl sites for hydroxylation is 1. The van der Waals surface area contributed by atoms with Crippen molar-refractivity contribution in [3.05, 3.63) is 65.7 Å². The fraction of sp³-hybridized carbons (Fsp3) is 0.348. The van der Waals surface area contributed by atoms with Gasteiger partial charge in [0.25, 0.3) is 0 Å². The molecule has 0 saturated heterocycles. The second-order valence-corrected chi connectivity index (χ2v) is 6.99. The van der Waals surface area contributed by atoms with Gasteiger partial charge < -0.3 is 20.0 Å². The molecule has 7 nitrogen and oxygen atoms in total. The summed E-state index contributed by atoms with van der Waals surface area (Å²) in [5, 5.41) is 6.57. The number of guanidine groups is 1. The number of aromatic nitrogens is 2. The van der Waals surface area contributed by atoms with Crippen LogP contribution in [-0.2, 0) is 13.1 Å². The third-order valence-electron chi connectivity index (χ3n) is 4.87. The van der Waals surface area contributed by atoms with Gasteiger partial charge in [0.2, 0.25) is 5.89 Å². The van der Waals surface area contributed by atoms with Crippen LogP contribution in [0.25, 0.3) is 11.5 Å². The van der Waals surface area contributed by atoms with E-state index in [1.807, 2.05) is 30.5 Å². The van der Waals surface area contributed by atoms with Crippen molar-refractivity contribution in [2.75, 3.05) is 25.0 Å². The molecule has 2 aromatic heterocycles. The molecular formula is C23H30N6O. The van der Waals surface area contributed by atoms with Crippen molar-refractivity contribution in [1.82, 2.24) is 20.6 Å². The van der Waals surface area contributed by atoms with Crippen LogP contribution in [0.2, 0.25) is 0 Å². The molecule has 3 aromatic rings. The highest BCUT2D eigenvalue weighted by atomic mass is 16.3. The van der Waals surface area contributed by atoms with Crippen LogP contribution in [0.1, 0.15) is 30.7 Å². The van der Waals surface area contributed by atoms with Gasteiger partial charge in [-0.1, -0.05) is 23.8 Å². The monoisotopic (exact) mass is 406 g/mol. The molecule has 0 atom stereocenters. The summed E-state index contributed by atoms with van der Waals surface area (Å²) in [4.78, 5) is 15.6. The van der Waals surface area contributed by atoms with Crippen molar-refractivity contribution in [1.29, 1.82) is 0 Å². The minimum absolute atomic E-state index is 0.522. The minimum Gasteiger partial charge on any atom is -0.444 e. The summed E-state index contributed by atoms with van der Waals surface area (Å²) in [6, 6.07) is 12.3. The molecule has 2 heterocycles. The molecule has 30 heavy (non-hydrogen) atoms. The van der Waals surface area contributed by atoms with Gasteiger partial charge in [-0.05, 0) is 44.5 Å². The van der Waals surface area contributed by atoms with Crippen LogP contribution >= 0.6 is 0 Å². The van der Waals surface area contributed by atoms with E-state index >= 15 is 0 Å². The number of hydrogen-bond acceptors (Lipinski definition) is 5. The Morgan fingerprint density at radius 3 is 2.40 bits per heavy atom. The Kier molecular flexibility index (Phi) is 7.43. The molecule has 0 unspecified atom stereocenters.